The molecule has 1 fully saturated rings. The van der Waals surface area contributed by atoms with Crippen LogP contribution in [0, 0.1) is 5.41 Å². The second kappa shape index (κ2) is 6.33. The highest BCUT2D eigenvalue weighted by atomic mass is 35.5. The Morgan fingerprint density at radius 2 is 2.00 bits per heavy atom. The highest BCUT2D eigenvalue weighted by molar-refractivity contribution is 6.35. The maximum atomic E-state index is 12.5. The zero-order valence-electron chi connectivity index (χ0n) is 11.8. The summed E-state index contributed by atoms with van der Waals surface area (Å²) in [5.74, 6) is 0.0949. The molecule has 0 aliphatic carbocycles. The van der Waals surface area contributed by atoms with Crippen LogP contribution in [0.2, 0.25) is 10.0 Å². The average Bonchev–Trinajstić information content (AvgIpc) is 2.39. The van der Waals surface area contributed by atoms with Crippen LogP contribution < -0.4 is 10.6 Å². The van der Waals surface area contributed by atoms with Crippen LogP contribution >= 0.6 is 23.2 Å². The predicted octanol–water partition coefficient (Wildman–Crippen LogP) is 3.56. The van der Waals surface area contributed by atoms with Crippen molar-refractivity contribution in [1.29, 1.82) is 0 Å². The molecule has 20 heavy (non-hydrogen) atoms. The first-order chi connectivity index (χ1) is 9.42. The van der Waals surface area contributed by atoms with Gasteiger partial charge in [-0.2, -0.15) is 0 Å². The van der Waals surface area contributed by atoms with Crippen molar-refractivity contribution in [1.82, 2.24) is 10.6 Å². The summed E-state index contributed by atoms with van der Waals surface area (Å²) in [4.78, 5) is 12.5. The molecule has 2 rings (SSSR count). The van der Waals surface area contributed by atoms with Gasteiger partial charge in [-0.15, -0.1) is 0 Å². The summed E-state index contributed by atoms with van der Waals surface area (Å²) in [5, 5.41) is 7.54. The van der Waals surface area contributed by atoms with Gasteiger partial charge >= 0.3 is 0 Å². The van der Waals surface area contributed by atoms with E-state index in [9.17, 15) is 4.79 Å². The first-order valence-electron chi connectivity index (χ1n) is 6.89. The minimum atomic E-state index is -0.293. The number of amides is 1. The Morgan fingerprint density at radius 1 is 1.35 bits per heavy atom. The molecule has 0 aromatic heterocycles. The SMILES string of the molecule is CC(NC(=O)C1(C)CCNCC1)c1ccc(Cl)cc1Cl. The standard InChI is InChI=1S/C15H20Cl2N2O/c1-10(12-4-3-11(16)9-13(12)17)19-14(20)15(2)5-7-18-8-6-15/h3-4,9-10,18H,5-8H2,1-2H3,(H,19,20). The molecule has 1 saturated heterocycles. The smallest absolute Gasteiger partial charge is 0.226 e. The van der Waals surface area contributed by atoms with Crippen LogP contribution in [0.15, 0.2) is 18.2 Å². The summed E-state index contributed by atoms with van der Waals surface area (Å²) in [6.45, 7) is 5.75. The Labute approximate surface area is 130 Å². The summed E-state index contributed by atoms with van der Waals surface area (Å²) < 4.78 is 0. The Morgan fingerprint density at radius 3 is 2.60 bits per heavy atom. The summed E-state index contributed by atoms with van der Waals surface area (Å²) in [5.41, 5.74) is 0.597. The molecule has 1 amide bonds. The van der Waals surface area contributed by atoms with Gasteiger partial charge in [0.15, 0.2) is 0 Å². The van der Waals surface area contributed by atoms with Gasteiger partial charge in [0, 0.05) is 15.5 Å². The minimum Gasteiger partial charge on any atom is -0.349 e. The van der Waals surface area contributed by atoms with E-state index in [1.807, 2.05) is 19.9 Å². The van der Waals surface area contributed by atoms with Crippen molar-refractivity contribution < 1.29 is 4.79 Å². The van der Waals surface area contributed by atoms with E-state index in [2.05, 4.69) is 10.6 Å². The molecule has 3 nitrogen and oxygen atoms in total. The highest BCUT2D eigenvalue weighted by Gasteiger charge is 2.35. The van der Waals surface area contributed by atoms with Crippen LogP contribution in [0.1, 0.15) is 38.3 Å². The van der Waals surface area contributed by atoms with E-state index in [1.165, 1.54) is 0 Å². The predicted molar refractivity (Wildman–Crippen MR) is 83.2 cm³/mol. The van der Waals surface area contributed by atoms with Crippen molar-refractivity contribution >= 4 is 29.1 Å². The lowest BCUT2D eigenvalue weighted by molar-refractivity contribution is -0.132. The monoisotopic (exact) mass is 314 g/mol. The molecule has 2 N–H and O–H groups in total. The van der Waals surface area contributed by atoms with Gasteiger partial charge in [-0.1, -0.05) is 36.2 Å². The number of hydrogen-bond acceptors (Lipinski definition) is 2. The molecule has 1 atom stereocenters. The third kappa shape index (κ3) is 3.46. The van der Waals surface area contributed by atoms with Gasteiger partial charge in [0.25, 0.3) is 0 Å². The Hall–Kier alpha value is -0.770. The van der Waals surface area contributed by atoms with Crippen molar-refractivity contribution in [2.24, 2.45) is 5.41 Å². The maximum Gasteiger partial charge on any atom is 0.226 e. The average molecular weight is 315 g/mol. The zero-order chi connectivity index (χ0) is 14.8. The third-order valence-corrected chi connectivity index (χ3v) is 4.59. The third-order valence-electron chi connectivity index (χ3n) is 4.03. The number of rotatable bonds is 3. The van der Waals surface area contributed by atoms with E-state index in [4.69, 9.17) is 23.2 Å². The van der Waals surface area contributed by atoms with Crippen molar-refractivity contribution in [2.75, 3.05) is 13.1 Å². The first kappa shape index (κ1) is 15.6. The first-order valence-corrected chi connectivity index (χ1v) is 7.64. The van der Waals surface area contributed by atoms with E-state index < -0.39 is 0 Å². The number of carbonyl (C=O) groups excluding carboxylic acids is 1. The van der Waals surface area contributed by atoms with Crippen molar-refractivity contribution in [2.45, 2.75) is 32.7 Å². The van der Waals surface area contributed by atoms with Gasteiger partial charge in [-0.05, 0) is 50.6 Å². The summed E-state index contributed by atoms with van der Waals surface area (Å²) in [6.07, 6.45) is 1.72. The molecule has 5 heteroatoms. The molecule has 0 radical (unpaired) electrons. The Balaban J connectivity index is 2.07. The molecular formula is C15H20Cl2N2O. The summed E-state index contributed by atoms with van der Waals surface area (Å²) >= 11 is 12.1. The molecule has 1 aliphatic rings. The van der Waals surface area contributed by atoms with Crippen molar-refractivity contribution in [3.8, 4) is 0 Å². The van der Waals surface area contributed by atoms with Crippen LogP contribution in [0.5, 0.6) is 0 Å². The quantitative estimate of drug-likeness (QED) is 0.895. The number of carbonyl (C=O) groups is 1. The lowest BCUT2D eigenvalue weighted by Crippen LogP contribution is -2.46. The lowest BCUT2D eigenvalue weighted by Gasteiger charge is -2.33. The highest BCUT2D eigenvalue weighted by Crippen LogP contribution is 2.31. The zero-order valence-corrected chi connectivity index (χ0v) is 13.3. The Kier molecular flexibility index (Phi) is 4.95. The molecular weight excluding hydrogens is 295 g/mol. The number of halogens is 2. The lowest BCUT2D eigenvalue weighted by atomic mass is 9.80. The Bertz CT molecular complexity index is 499. The van der Waals surface area contributed by atoms with Crippen LogP contribution in [-0.2, 0) is 4.79 Å². The molecule has 1 aromatic carbocycles. The summed E-state index contributed by atoms with van der Waals surface area (Å²) in [6, 6.07) is 5.23. The van der Waals surface area contributed by atoms with E-state index in [1.54, 1.807) is 12.1 Å². The molecule has 0 bridgehead atoms. The van der Waals surface area contributed by atoms with Crippen LogP contribution in [0.25, 0.3) is 0 Å². The molecule has 0 spiro atoms. The second-order valence-electron chi connectivity index (χ2n) is 5.67. The molecule has 0 saturated carbocycles. The van der Waals surface area contributed by atoms with Crippen molar-refractivity contribution in [3.05, 3.63) is 33.8 Å². The van der Waals surface area contributed by atoms with Crippen LogP contribution in [-0.4, -0.2) is 19.0 Å². The minimum absolute atomic E-state index is 0.0949. The van der Waals surface area contributed by atoms with Gasteiger partial charge in [-0.3, -0.25) is 4.79 Å². The van der Waals surface area contributed by atoms with Crippen molar-refractivity contribution in [3.63, 3.8) is 0 Å². The molecule has 110 valence electrons. The molecule has 1 unspecified atom stereocenters. The largest absolute Gasteiger partial charge is 0.349 e. The fraction of sp³-hybridized carbons (Fsp3) is 0.533. The maximum absolute atomic E-state index is 12.5. The van der Waals surface area contributed by atoms with E-state index in [0.29, 0.717) is 10.0 Å². The topological polar surface area (TPSA) is 41.1 Å². The van der Waals surface area contributed by atoms with Gasteiger partial charge in [0.05, 0.1) is 6.04 Å². The van der Waals surface area contributed by atoms with Gasteiger partial charge < -0.3 is 10.6 Å². The van der Waals surface area contributed by atoms with E-state index in [0.717, 1.165) is 31.5 Å². The fourth-order valence-electron chi connectivity index (χ4n) is 2.51. The number of hydrogen-bond donors (Lipinski definition) is 2. The van der Waals surface area contributed by atoms with Crippen LogP contribution in [0.4, 0.5) is 0 Å². The fourth-order valence-corrected chi connectivity index (χ4v) is 3.08. The molecule has 1 aliphatic heterocycles. The number of nitrogens with one attached hydrogen (secondary N) is 2. The molecule has 1 aromatic rings. The van der Waals surface area contributed by atoms with Crippen LogP contribution in [0.3, 0.4) is 0 Å². The normalized spacial score (nSPS) is 19.4. The molecule has 1 heterocycles. The van der Waals surface area contributed by atoms with Gasteiger partial charge in [0.2, 0.25) is 5.91 Å². The van der Waals surface area contributed by atoms with E-state index in [-0.39, 0.29) is 17.4 Å². The second-order valence-corrected chi connectivity index (χ2v) is 6.52. The summed E-state index contributed by atoms with van der Waals surface area (Å²) in [7, 11) is 0. The number of benzene rings is 1. The van der Waals surface area contributed by atoms with E-state index >= 15 is 0 Å². The van der Waals surface area contributed by atoms with Gasteiger partial charge in [0.1, 0.15) is 0 Å². The van der Waals surface area contributed by atoms with Gasteiger partial charge in [-0.25, -0.2) is 0 Å². The number of piperidine rings is 1.